The predicted molar refractivity (Wildman–Crippen MR) is 79.9 cm³/mol. The molecule has 0 aromatic heterocycles. The Bertz CT molecular complexity index is 465. The van der Waals surface area contributed by atoms with E-state index in [0.717, 1.165) is 5.56 Å². The molecule has 0 aliphatic heterocycles. The number of carbonyl (C=O) groups excluding carboxylic acids is 1. The number of hydrogen-bond donors (Lipinski definition) is 0. The van der Waals surface area contributed by atoms with Crippen molar-refractivity contribution in [3.63, 3.8) is 0 Å². The maximum Gasteiger partial charge on any atom is 0.311 e. The Morgan fingerprint density at radius 3 is 2.16 bits per heavy atom. The van der Waals surface area contributed by atoms with Crippen LogP contribution in [0.5, 0.6) is 5.75 Å². The molecule has 0 heterocycles. The molecule has 0 N–H and O–H groups in total. The fourth-order valence-electron chi connectivity index (χ4n) is 1.77. The predicted octanol–water partition coefficient (Wildman–Crippen LogP) is 4.98. The first-order valence-electron chi connectivity index (χ1n) is 6.50. The Balaban J connectivity index is 2.83. The highest BCUT2D eigenvalue weighted by atomic mass is 35.5. The van der Waals surface area contributed by atoms with Gasteiger partial charge in [-0.3, -0.25) is 4.79 Å². The minimum absolute atomic E-state index is 0.0228. The van der Waals surface area contributed by atoms with E-state index in [9.17, 15) is 4.79 Å². The second-order valence-electron chi connectivity index (χ2n) is 7.10. The van der Waals surface area contributed by atoms with Crippen LogP contribution < -0.4 is 4.74 Å². The fourth-order valence-corrected chi connectivity index (χ4v) is 2.22. The van der Waals surface area contributed by atoms with Gasteiger partial charge in [-0.2, -0.15) is 0 Å². The molecule has 106 valence electrons. The van der Waals surface area contributed by atoms with Crippen molar-refractivity contribution < 1.29 is 9.53 Å². The molecule has 0 amide bonds. The zero-order chi connectivity index (χ0) is 14.8. The molecule has 19 heavy (non-hydrogen) atoms. The number of halogens is 1. The summed E-state index contributed by atoms with van der Waals surface area (Å²) in [6.45, 7) is 12.3. The highest BCUT2D eigenvalue weighted by molar-refractivity contribution is 6.31. The fraction of sp³-hybridized carbons (Fsp3) is 0.562. The SMILES string of the molecule is CC(C)(C)CC(=O)Oc1ccc(C(C)(C)C)c(Cl)c1. The quantitative estimate of drug-likeness (QED) is 0.565. The van der Waals surface area contributed by atoms with Gasteiger partial charge in [0.25, 0.3) is 0 Å². The van der Waals surface area contributed by atoms with Crippen LogP contribution in [-0.2, 0) is 10.2 Å². The molecule has 0 aliphatic carbocycles. The third-order valence-electron chi connectivity index (χ3n) is 2.65. The van der Waals surface area contributed by atoms with Gasteiger partial charge in [0.15, 0.2) is 0 Å². The number of hydrogen-bond acceptors (Lipinski definition) is 2. The van der Waals surface area contributed by atoms with E-state index in [2.05, 4.69) is 20.8 Å². The molecule has 0 radical (unpaired) electrons. The van der Waals surface area contributed by atoms with Crippen LogP contribution in [0.3, 0.4) is 0 Å². The summed E-state index contributed by atoms with van der Waals surface area (Å²) in [4.78, 5) is 11.8. The second-order valence-corrected chi connectivity index (χ2v) is 7.51. The molecule has 1 aromatic carbocycles. The molecule has 0 saturated carbocycles. The standard InChI is InChI=1S/C16H23ClO2/c1-15(2,3)10-14(18)19-11-7-8-12(13(17)9-11)16(4,5)6/h7-9H,10H2,1-6H3. The van der Waals surface area contributed by atoms with Gasteiger partial charge in [-0.25, -0.2) is 0 Å². The lowest BCUT2D eigenvalue weighted by molar-refractivity contribution is -0.136. The van der Waals surface area contributed by atoms with Crippen LogP contribution in [0.2, 0.25) is 5.02 Å². The molecular weight excluding hydrogens is 260 g/mol. The molecule has 0 aliphatic rings. The van der Waals surface area contributed by atoms with Crippen molar-refractivity contribution in [3.05, 3.63) is 28.8 Å². The molecule has 0 saturated heterocycles. The Kier molecular flexibility index (Phi) is 4.67. The number of rotatable bonds is 2. The maximum atomic E-state index is 11.8. The summed E-state index contributed by atoms with van der Waals surface area (Å²) >= 11 is 6.24. The summed E-state index contributed by atoms with van der Waals surface area (Å²) in [7, 11) is 0. The van der Waals surface area contributed by atoms with E-state index >= 15 is 0 Å². The van der Waals surface area contributed by atoms with E-state index < -0.39 is 0 Å². The van der Waals surface area contributed by atoms with Gasteiger partial charge >= 0.3 is 5.97 Å². The molecule has 2 nitrogen and oxygen atoms in total. The summed E-state index contributed by atoms with van der Waals surface area (Å²) in [5.74, 6) is 0.277. The molecule has 0 spiro atoms. The second kappa shape index (κ2) is 5.54. The summed E-state index contributed by atoms with van der Waals surface area (Å²) < 4.78 is 5.32. The Hall–Kier alpha value is -1.02. The number of ether oxygens (including phenoxy) is 1. The molecule has 1 aromatic rings. The van der Waals surface area contributed by atoms with Gasteiger partial charge < -0.3 is 4.74 Å². The monoisotopic (exact) mass is 282 g/mol. The largest absolute Gasteiger partial charge is 0.426 e. The summed E-state index contributed by atoms with van der Waals surface area (Å²) in [5.41, 5.74) is 0.946. The number of carbonyl (C=O) groups is 1. The zero-order valence-electron chi connectivity index (χ0n) is 12.6. The van der Waals surface area contributed by atoms with Gasteiger partial charge in [-0.1, -0.05) is 59.2 Å². The normalized spacial score (nSPS) is 12.4. The maximum absolute atomic E-state index is 11.8. The summed E-state index contributed by atoms with van der Waals surface area (Å²) in [5, 5.41) is 0.633. The lowest BCUT2D eigenvalue weighted by Gasteiger charge is -2.21. The highest BCUT2D eigenvalue weighted by Gasteiger charge is 2.20. The first-order chi connectivity index (χ1) is 8.49. The van der Waals surface area contributed by atoms with Crippen LogP contribution in [0, 0.1) is 5.41 Å². The Morgan fingerprint density at radius 1 is 1.16 bits per heavy atom. The van der Waals surface area contributed by atoms with Crippen LogP contribution in [0.1, 0.15) is 53.5 Å². The lowest BCUT2D eigenvalue weighted by Crippen LogP contribution is -2.18. The van der Waals surface area contributed by atoms with Crippen molar-refractivity contribution in [1.29, 1.82) is 0 Å². The van der Waals surface area contributed by atoms with Gasteiger partial charge in [-0.15, -0.1) is 0 Å². The van der Waals surface area contributed by atoms with Crippen LogP contribution in [0.25, 0.3) is 0 Å². The summed E-state index contributed by atoms with van der Waals surface area (Å²) in [6.07, 6.45) is 0.381. The van der Waals surface area contributed by atoms with Gasteiger partial charge in [0, 0.05) is 5.02 Å². The zero-order valence-corrected chi connectivity index (χ0v) is 13.4. The van der Waals surface area contributed by atoms with Crippen molar-refractivity contribution in [3.8, 4) is 5.75 Å². The first-order valence-corrected chi connectivity index (χ1v) is 6.87. The van der Waals surface area contributed by atoms with Crippen molar-refractivity contribution in [2.24, 2.45) is 5.41 Å². The molecule has 0 bridgehead atoms. The van der Waals surface area contributed by atoms with Gasteiger partial charge in [-0.05, 0) is 28.5 Å². The van der Waals surface area contributed by atoms with Gasteiger partial charge in [0.2, 0.25) is 0 Å². The van der Waals surface area contributed by atoms with Gasteiger partial charge in [0.05, 0.1) is 6.42 Å². The lowest BCUT2D eigenvalue weighted by atomic mass is 9.87. The smallest absolute Gasteiger partial charge is 0.311 e. The molecule has 0 unspecified atom stereocenters. The van der Waals surface area contributed by atoms with Crippen LogP contribution >= 0.6 is 11.6 Å². The number of benzene rings is 1. The topological polar surface area (TPSA) is 26.3 Å². The number of esters is 1. The molecule has 0 fully saturated rings. The third-order valence-corrected chi connectivity index (χ3v) is 2.97. The van der Waals surface area contributed by atoms with E-state index in [0.29, 0.717) is 17.2 Å². The van der Waals surface area contributed by atoms with Crippen molar-refractivity contribution in [1.82, 2.24) is 0 Å². The van der Waals surface area contributed by atoms with E-state index in [1.807, 2.05) is 26.8 Å². The van der Waals surface area contributed by atoms with Crippen molar-refractivity contribution >= 4 is 17.6 Å². The molecule has 1 rings (SSSR count). The third kappa shape index (κ3) is 5.23. The Morgan fingerprint density at radius 2 is 1.74 bits per heavy atom. The van der Waals surface area contributed by atoms with Gasteiger partial charge in [0.1, 0.15) is 5.75 Å². The molecular formula is C16H23ClO2. The minimum atomic E-state index is -0.230. The Labute approximate surface area is 121 Å². The van der Waals surface area contributed by atoms with Crippen molar-refractivity contribution in [2.75, 3.05) is 0 Å². The molecule has 0 atom stereocenters. The molecule has 3 heteroatoms. The van der Waals surface area contributed by atoms with E-state index in [1.54, 1.807) is 12.1 Å². The average molecular weight is 283 g/mol. The van der Waals surface area contributed by atoms with Crippen LogP contribution in [0.15, 0.2) is 18.2 Å². The van der Waals surface area contributed by atoms with Crippen LogP contribution in [0.4, 0.5) is 0 Å². The van der Waals surface area contributed by atoms with Crippen LogP contribution in [-0.4, -0.2) is 5.97 Å². The van der Waals surface area contributed by atoms with E-state index in [1.165, 1.54) is 0 Å². The average Bonchev–Trinajstić information content (AvgIpc) is 2.11. The first kappa shape index (κ1) is 16.0. The summed E-state index contributed by atoms with van der Waals surface area (Å²) in [6, 6.07) is 5.43. The highest BCUT2D eigenvalue weighted by Crippen LogP contribution is 2.32. The van der Waals surface area contributed by atoms with E-state index in [4.69, 9.17) is 16.3 Å². The van der Waals surface area contributed by atoms with Crippen molar-refractivity contribution in [2.45, 2.75) is 53.4 Å². The minimum Gasteiger partial charge on any atom is -0.426 e. The van der Waals surface area contributed by atoms with E-state index in [-0.39, 0.29) is 16.8 Å².